The Kier molecular flexibility index (Phi) is 5.01. The monoisotopic (exact) mass is 275 g/mol. The van der Waals surface area contributed by atoms with E-state index in [-0.39, 0.29) is 11.9 Å². The number of likely N-dealkylation sites (N-methyl/N-ethyl adjacent to an activating group) is 1. The Morgan fingerprint density at radius 1 is 1.50 bits per heavy atom. The number of carbonyl (C=O) groups excluding carboxylic acids is 1. The Hall–Kier alpha value is -1.55. The minimum Gasteiger partial charge on any atom is -0.385 e. The van der Waals surface area contributed by atoms with Gasteiger partial charge in [-0.25, -0.2) is 0 Å². The standard InChI is InChI=1S/C16H25N3O/c1-4-19(3)16(20)12(2)18-11-14-8-5-7-13-9-6-10-17-15(13)14/h5,7-8,12,17-18H,4,6,9-11H2,1-3H3. The summed E-state index contributed by atoms with van der Waals surface area (Å²) in [5.74, 6) is 0.144. The van der Waals surface area contributed by atoms with Crippen LogP contribution in [0.2, 0.25) is 0 Å². The third-order valence-corrected chi connectivity index (χ3v) is 3.98. The van der Waals surface area contributed by atoms with Crippen LogP contribution in [0.5, 0.6) is 0 Å². The molecule has 1 aromatic rings. The second-order valence-electron chi connectivity index (χ2n) is 5.44. The second kappa shape index (κ2) is 6.75. The molecule has 0 bridgehead atoms. The van der Waals surface area contributed by atoms with E-state index < -0.39 is 0 Å². The van der Waals surface area contributed by atoms with Crippen molar-refractivity contribution < 1.29 is 4.79 Å². The number of anilines is 1. The van der Waals surface area contributed by atoms with Crippen molar-refractivity contribution in [3.8, 4) is 0 Å². The lowest BCUT2D eigenvalue weighted by Gasteiger charge is -2.24. The molecule has 1 unspecified atom stereocenters. The van der Waals surface area contributed by atoms with Crippen LogP contribution in [-0.4, -0.2) is 37.0 Å². The number of fused-ring (bicyclic) bond motifs is 1. The third-order valence-electron chi connectivity index (χ3n) is 3.98. The predicted octanol–water partition coefficient (Wildman–Crippen LogP) is 2.00. The van der Waals surface area contributed by atoms with Crippen LogP contribution in [0.1, 0.15) is 31.4 Å². The molecule has 0 fully saturated rings. The van der Waals surface area contributed by atoms with E-state index in [4.69, 9.17) is 0 Å². The zero-order chi connectivity index (χ0) is 14.5. The first kappa shape index (κ1) is 14.9. The lowest BCUT2D eigenvalue weighted by molar-refractivity contribution is -0.131. The van der Waals surface area contributed by atoms with Crippen LogP contribution in [0, 0.1) is 0 Å². The third kappa shape index (κ3) is 3.31. The van der Waals surface area contributed by atoms with Gasteiger partial charge in [-0.05, 0) is 37.8 Å². The molecule has 110 valence electrons. The Morgan fingerprint density at radius 3 is 3.05 bits per heavy atom. The number of aryl methyl sites for hydroxylation is 1. The van der Waals surface area contributed by atoms with Crippen LogP contribution in [0.15, 0.2) is 18.2 Å². The van der Waals surface area contributed by atoms with E-state index in [9.17, 15) is 4.79 Å². The zero-order valence-corrected chi connectivity index (χ0v) is 12.7. The number of para-hydroxylation sites is 1. The van der Waals surface area contributed by atoms with Crippen LogP contribution in [0.4, 0.5) is 5.69 Å². The Labute approximate surface area is 121 Å². The molecule has 0 aromatic heterocycles. The number of nitrogens with one attached hydrogen (secondary N) is 2. The highest BCUT2D eigenvalue weighted by Crippen LogP contribution is 2.25. The second-order valence-corrected chi connectivity index (χ2v) is 5.44. The zero-order valence-electron chi connectivity index (χ0n) is 12.7. The van der Waals surface area contributed by atoms with E-state index in [1.807, 2.05) is 20.9 Å². The van der Waals surface area contributed by atoms with Crippen LogP contribution >= 0.6 is 0 Å². The van der Waals surface area contributed by atoms with Crippen molar-refractivity contribution in [3.05, 3.63) is 29.3 Å². The summed E-state index contributed by atoms with van der Waals surface area (Å²) < 4.78 is 0. The van der Waals surface area contributed by atoms with E-state index in [1.165, 1.54) is 23.2 Å². The maximum Gasteiger partial charge on any atom is 0.239 e. The molecule has 1 aromatic carbocycles. The molecule has 0 radical (unpaired) electrons. The average Bonchev–Trinajstić information content (AvgIpc) is 2.50. The molecule has 0 saturated heterocycles. The average molecular weight is 275 g/mol. The van der Waals surface area contributed by atoms with Crippen molar-refractivity contribution in [2.75, 3.05) is 25.5 Å². The van der Waals surface area contributed by atoms with Crippen LogP contribution in [-0.2, 0) is 17.8 Å². The van der Waals surface area contributed by atoms with Crippen LogP contribution < -0.4 is 10.6 Å². The largest absolute Gasteiger partial charge is 0.385 e. The Balaban J connectivity index is 1.99. The summed E-state index contributed by atoms with van der Waals surface area (Å²) in [6, 6.07) is 6.27. The number of amides is 1. The van der Waals surface area contributed by atoms with Gasteiger partial charge in [0.15, 0.2) is 0 Å². The van der Waals surface area contributed by atoms with Gasteiger partial charge in [0.25, 0.3) is 0 Å². The quantitative estimate of drug-likeness (QED) is 0.864. The van der Waals surface area contributed by atoms with Crippen molar-refractivity contribution in [3.63, 3.8) is 0 Å². The van der Waals surface area contributed by atoms with Crippen molar-refractivity contribution in [1.82, 2.24) is 10.2 Å². The molecular formula is C16H25N3O. The normalized spacial score (nSPS) is 15.2. The van der Waals surface area contributed by atoms with Gasteiger partial charge in [0.05, 0.1) is 6.04 Å². The maximum atomic E-state index is 12.0. The van der Waals surface area contributed by atoms with E-state index in [1.54, 1.807) is 4.90 Å². The fourth-order valence-electron chi connectivity index (χ4n) is 2.57. The van der Waals surface area contributed by atoms with Gasteiger partial charge in [-0.1, -0.05) is 18.2 Å². The maximum absolute atomic E-state index is 12.0. The number of hydrogen-bond acceptors (Lipinski definition) is 3. The first-order valence-corrected chi connectivity index (χ1v) is 7.46. The molecular weight excluding hydrogens is 250 g/mol. The molecule has 1 atom stereocenters. The Morgan fingerprint density at radius 2 is 2.30 bits per heavy atom. The molecule has 0 spiro atoms. The summed E-state index contributed by atoms with van der Waals surface area (Å²) in [7, 11) is 1.84. The van der Waals surface area contributed by atoms with Gasteiger partial charge in [-0.15, -0.1) is 0 Å². The number of hydrogen-bond donors (Lipinski definition) is 2. The van der Waals surface area contributed by atoms with Crippen LogP contribution in [0.3, 0.4) is 0 Å². The van der Waals surface area contributed by atoms with Gasteiger partial charge < -0.3 is 15.5 Å². The first-order chi connectivity index (χ1) is 9.63. The summed E-state index contributed by atoms with van der Waals surface area (Å²) in [5, 5.41) is 6.82. The number of nitrogens with zero attached hydrogens (tertiary/aromatic N) is 1. The molecule has 0 aliphatic carbocycles. The van der Waals surface area contributed by atoms with Crippen molar-refractivity contribution in [2.24, 2.45) is 0 Å². The highest BCUT2D eigenvalue weighted by atomic mass is 16.2. The highest BCUT2D eigenvalue weighted by molar-refractivity contribution is 5.81. The fourth-order valence-corrected chi connectivity index (χ4v) is 2.57. The lowest BCUT2D eigenvalue weighted by Crippen LogP contribution is -2.42. The van der Waals surface area contributed by atoms with Gasteiger partial charge in [0.2, 0.25) is 5.91 Å². The van der Waals surface area contributed by atoms with Gasteiger partial charge in [-0.3, -0.25) is 4.79 Å². The van der Waals surface area contributed by atoms with E-state index >= 15 is 0 Å². The summed E-state index contributed by atoms with van der Waals surface area (Å²) >= 11 is 0. The molecule has 4 nitrogen and oxygen atoms in total. The van der Waals surface area contributed by atoms with Crippen LogP contribution in [0.25, 0.3) is 0 Å². The molecule has 20 heavy (non-hydrogen) atoms. The van der Waals surface area contributed by atoms with E-state index in [0.29, 0.717) is 0 Å². The number of carbonyl (C=O) groups is 1. The predicted molar refractivity (Wildman–Crippen MR) is 82.9 cm³/mol. The SMILES string of the molecule is CCN(C)C(=O)C(C)NCc1cccc2c1NCCC2. The first-order valence-electron chi connectivity index (χ1n) is 7.46. The molecule has 2 rings (SSSR count). The van der Waals surface area contributed by atoms with Crippen molar-refractivity contribution in [2.45, 2.75) is 39.3 Å². The Bertz CT molecular complexity index is 473. The summed E-state index contributed by atoms with van der Waals surface area (Å²) in [6.07, 6.45) is 2.34. The van der Waals surface area contributed by atoms with Gasteiger partial charge in [-0.2, -0.15) is 0 Å². The molecule has 2 N–H and O–H groups in total. The molecule has 0 saturated carbocycles. The minimum atomic E-state index is -0.153. The van der Waals surface area contributed by atoms with E-state index in [2.05, 4.69) is 28.8 Å². The number of rotatable bonds is 5. The van der Waals surface area contributed by atoms with E-state index in [0.717, 1.165) is 26.1 Å². The van der Waals surface area contributed by atoms with Gasteiger partial charge >= 0.3 is 0 Å². The number of benzene rings is 1. The molecule has 1 aliphatic rings. The summed E-state index contributed by atoms with van der Waals surface area (Å²) in [5.41, 5.74) is 3.90. The van der Waals surface area contributed by atoms with Crippen molar-refractivity contribution in [1.29, 1.82) is 0 Å². The smallest absolute Gasteiger partial charge is 0.239 e. The lowest BCUT2D eigenvalue weighted by atomic mass is 9.99. The van der Waals surface area contributed by atoms with Gasteiger partial charge in [0, 0.05) is 32.4 Å². The summed E-state index contributed by atoms with van der Waals surface area (Å²) in [4.78, 5) is 13.8. The topological polar surface area (TPSA) is 44.4 Å². The minimum absolute atomic E-state index is 0.144. The van der Waals surface area contributed by atoms with Crippen molar-refractivity contribution >= 4 is 11.6 Å². The van der Waals surface area contributed by atoms with Gasteiger partial charge in [0.1, 0.15) is 0 Å². The molecule has 4 heteroatoms. The summed E-state index contributed by atoms with van der Waals surface area (Å²) in [6.45, 7) is 6.42. The highest BCUT2D eigenvalue weighted by Gasteiger charge is 2.17. The fraction of sp³-hybridized carbons (Fsp3) is 0.562. The molecule has 1 heterocycles. The molecule has 1 aliphatic heterocycles. The molecule has 1 amide bonds.